The minimum atomic E-state index is -0.171. The Kier molecular flexibility index (Phi) is 3.91. The predicted octanol–water partition coefficient (Wildman–Crippen LogP) is 2.51. The van der Waals surface area contributed by atoms with E-state index in [-0.39, 0.29) is 11.9 Å². The smallest absolute Gasteiger partial charge is 0.123 e. The topological polar surface area (TPSA) is 21.3 Å². The summed E-state index contributed by atoms with van der Waals surface area (Å²) in [6.07, 6.45) is 1.13. The molecule has 88 valence electrons. The first-order valence-electron chi connectivity index (χ1n) is 5.82. The fraction of sp³-hybridized carbons (Fsp3) is 0.538. The molecule has 2 rings (SSSR count). The van der Waals surface area contributed by atoms with E-state index in [9.17, 15) is 4.39 Å². The molecule has 0 saturated carbocycles. The lowest BCUT2D eigenvalue weighted by molar-refractivity contribution is 0.184. The first-order valence-corrected chi connectivity index (χ1v) is 5.82. The Morgan fingerprint density at radius 1 is 1.56 bits per heavy atom. The molecule has 16 heavy (non-hydrogen) atoms. The third kappa shape index (κ3) is 3.03. The van der Waals surface area contributed by atoms with Gasteiger partial charge in [-0.05, 0) is 37.0 Å². The lowest BCUT2D eigenvalue weighted by Crippen LogP contribution is -2.26. The SMILES string of the molecule is C[C@H](NCC1CCOC1)c1cccc(F)c1. The molecule has 1 aliphatic heterocycles. The van der Waals surface area contributed by atoms with Gasteiger partial charge in [-0.15, -0.1) is 0 Å². The normalized spacial score (nSPS) is 22.2. The molecular weight excluding hydrogens is 205 g/mol. The standard InChI is InChI=1S/C13H18FNO/c1-10(12-3-2-4-13(14)7-12)15-8-11-5-6-16-9-11/h2-4,7,10-11,15H,5-6,8-9H2,1H3/t10-,11?/m0/s1. The highest BCUT2D eigenvalue weighted by Crippen LogP contribution is 2.16. The first kappa shape index (κ1) is 11.6. The average molecular weight is 223 g/mol. The molecule has 0 bridgehead atoms. The maximum atomic E-state index is 13.0. The molecule has 2 nitrogen and oxygen atoms in total. The van der Waals surface area contributed by atoms with Crippen LogP contribution in [0.4, 0.5) is 4.39 Å². The van der Waals surface area contributed by atoms with Crippen LogP contribution < -0.4 is 5.32 Å². The van der Waals surface area contributed by atoms with Crippen LogP contribution in [-0.2, 0) is 4.74 Å². The van der Waals surface area contributed by atoms with E-state index < -0.39 is 0 Å². The van der Waals surface area contributed by atoms with Crippen LogP contribution in [0.15, 0.2) is 24.3 Å². The largest absolute Gasteiger partial charge is 0.381 e. The van der Waals surface area contributed by atoms with E-state index in [1.807, 2.05) is 6.07 Å². The molecule has 0 aliphatic carbocycles. The van der Waals surface area contributed by atoms with Crippen LogP contribution in [-0.4, -0.2) is 19.8 Å². The number of ether oxygens (including phenoxy) is 1. The van der Waals surface area contributed by atoms with E-state index in [2.05, 4.69) is 12.2 Å². The molecule has 1 aliphatic rings. The summed E-state index contributed by atoms with van der Waals surface area (Å²) < 4.78 is 18.3. The van der Waals surface area contributed by atoms with Gasteiger partial charge in [0, 0.05) is 19.2 Å². The summed E-state index contributed by atoms with van der Waals surface area (Å²) in [5.74, 6) is 0.436. The maximum Gasteiger partial charge on any atom is 0.123 e. The van der Waals surface area contributed by atoms with Crippen LogP contribution in [0.1, 0.15) is 24.9 Å². The van der Waals surface area contributed by atoms with Gasteiger partial charge in [-0.25, -0.2) is 4.39 Å². The average Bonchev–Trinajstić information content (AvgIpc) is 2.78. The first-order chi connectivity index (χ1) is 7.75. The fourth-order valence-corrected chi connectivity index (χ4v) is 1.98. The van der Waals surface area contributed by atoms with Gasteiger partial charge in [-0.2, -0.15) is 0 Å². The Bertz CT molecular complexity index is 336. The zero-order valence-electron chi connectivity index (χ0n) is 9.58. The Morgan fingerprint density at radius 3 is 3.12 bits per heavy atom. The number of hydrogen-bond donors (Lipinski definition) is 1. The van der Waals surface area contributed by atoms with E-state index in [1.54, 1.807) is 12.1 Å². The number of rotatable bonds is 4. The number of halogens is 1. The predicted molar refractivity (Wildman–Crippen MR) is 61.7 cm³/mol. The Labute approximate surface area is 95.8 Å². The second-order valence-corrected chi connectivity index (χ2v) is 4.41. The molecule has 1 saturated heterocycles. The summed E-state index contributed by atoms with van der Waals surface area (Å²) in [4.78, 5) is 0. The van der Waals surface area contributed by atoms with Gasteiger partial charge >= 0.3 is 0 Å². The molecule has 1 unspecified atom stereocenters. The van der Waals surface area contributed by atoms with Crippen molar-refractivity contribution in [2.45, 2.75) is 19.4 Å². The van der Waals surface area contributed by atoms with Crippen molar-refractivity contribution >= 4 is 0 Å². The Balaban J connectivity index is 1.85. The number of nitrogens with one attached hydrogen (secondary N) is 1. The van der Waals surface area contributed by atoms with Crippen molar-refractivity contribution in [3.8, 4) is 0 Å². The quantitative estimate of drug-likeness (QED) is 0.846. The van der Waals surface area contributed by atoms with Crippen LogP contribution in [0.2, 0.25) is 0 Å². The van der Waals surface area contributed by atoms with Crippen molar-refractivity contribution in [2.75, 3.05) is 19.8 Å². The van der Waals surface area contributed by atoms with E-state index >= 15 is 0 Å². The van der Waals surface area contributed by atoms with E-state index in [1.165, 1.54) is 6.07 Å². The van der Waals surface area contributed by atoms with Crippen LogP contribution in [0.25, 0.3) is 0 Å². The summed E-state index contributed by atoms with van der Waals surface area (Å²) in [6.45, 7) is 4.73. The molecule has 1 aromatic carbocycles. The van der Waals surface area contributed by atoms with E-state index in [0.29, 0.717) is 5.92 Å². The van der Waals surface area contributed by atoms with Gasteiger partial charge in [0.25, 0.3) is 0 Å². The molecule has 0 aromatic heterocycles. The van der Waals surface area contributed by atoms with Crippen molar-refractivity contribution in [1.29, 1.82) is 0 Å². The second-order valence-electron chi connectivity index (χ2n) is 4.41. The van der Waals surface area contributed by atoms with Crippen molar-refractivity contribution in [3.63, 3.8) is 0 Å². The Morgan fingerprint density at radius 2 is 2.44 bits per heavy atom. The third-order valence-electron chi connectivity index (χ3n) is 3.09. The second kappa shape index (κ2) is 5.41. The van der Waals surface area contributed by atoms with Crippen molar-refractivity contribution in [3.05, 3.63) is 35.6 Å². The number of benzene rings is 1. The highest BCUT2D eigenvalue weighted by atomic mass is 19.1. The minimum absolute atomic E-state index is 0.171. The molecule has 0 spiro atoms. The maximum absolute atomic E-state index is 13.0. The van der Waals surface area contributed by atoms with Crippen LogP contribution in [0.3, 0.4) is 0 Å². The van der Waals surface area contributed by atoms with Gasteiger partial charge < -0.3 is 10.1 Å². The van der Waals surface area contributed by atoms with Crippen molar-refractivity contribution in [1.82, 2.24) is 5.32 Å². The van der Waals surface area contributed by atoms with Gasteiger partial charge in [-0.1, -0.05) is 12.1 Å². The highest BCUT2D eigenvalue weighted by molar-refractivity contribution is 5.19. The molecule has 0 amide bonds. The fourth-order valence-electron chi connectivity index (χ4n) is 1.98. The van der Waals surface area contributed by atoms with Gasteiger partial charge in [0.2, 0.25) is 0 Å². The third-order valence-corrected chi connectivity index (χ3v) is 3.09. The lowest BCUT2D eigenvalue weighted by Gasteiger charge is -2.16. The summed E-state index contributed by atoms with van der Waals surface area (Å²) in [5.41, 5.74) is 0.999. The zero-order chi connectivity index (χ0) is 11.4. The van der Waals surface area contributed by atoms with Crippen LogP contribution in [0.5, 0.6) is 0 Å². The number of hydrogen-bond acceptors (Lipinski definition) is 2. The molecule has 1 aromatic rings. The molecule has 0 radical (unpaired) electrons. The molecule has 1 N–H and O–H groups in total. The van der Waals surface area contributed by atoms with E-state index in [0.717, 1.165) is 31.7 Å². The summed E-state index contributed by atoms with van der Waals surface area (Å²) in [6, 6.07) is 6.95. The summed E-state index contributed by atoms with van der Waals surface area (Å²) in [7, 11) is 0. The van der Waals surface area contributed by atoms with Crippen molar-refractivity contribution < 1.29 is 9.13 Å². The van der Waals surface area contributed by atoms with Gasteiger partial charge in [-0.3, -0.25) is 0 Å². The van der Waals surface area contributed by atoms with E-state index in [4.69, 9.17) is 4.74 Å². The molecule has 1 fully saturated rings. The molecule has 2 atom stereocenters. The van der Waals surface area contributed by atoms with Crippen LogP contribution in [0, 0.1) is 11.7 Å². The van der Waals surface area contributed by atoms with Crippen molar-refractivity contribution in [2.24, 2.45) is 5.92 Å². The van der Waals surface area contributed by atoms with Crippen LogP contribution >= 0.6 is 0 Å². The summed E-state index contributed by atoms with van der Waals surface area (Å²) >= 11 is 0. The lowest BCUT2D eigenvalue weighted by atomic mass is 10.1. The van der Waals surface area contributed by atoms with Gasteiger partial charge in [0.1, 0.15) is 5.82 Å². The Hall–Kier alpha value is -0.930. The summed E-state index contributed by atoms with van der Waals surface area (Å²) in [5, 5.41) is 3.42. The minimum Gasteiger partial charge on any atom is -0.381 e. The molecular formula is C13H18FNO. The molecule has 1 heterocycles. The molecule has 3 heteroatoms. The van der Waals surface area contributed by atoms with Gasteiger partial charge in [0.15, 0.2) is 0 Å². The zero-order valence-corrected chi connectivity index (χ0v) is 9.58. The monoisotopic (exact) mass is 223 g/mol. The highest BCUT2D eigenvalue weighted by Gasteiger charge is 2.16. The van der Waals surface area contributed by atoms with Gasteiger partial charge in [0.05, 0.1) is 6.61 Å².